The van der Waals surface area contributed by atoms with Gasteiger partial charge in [-0.3, -0.25) is 10.1 Å². The minimum atomic E-state index is -1.06. The first-order chi connectivity index (χ1) is 15.0. The van der Waals surface area contributed by atoms with Gasteiger partial charge in [0.1, 0.15) is 17.4 Å². The molecule has 1 heterocycles. The van der Waals surface area contributed by atoms with E-state index in [9.17, 15) is 19.7 Å². The predicted octanol–water partition coefficient (Wildman–Crippen LogP) is 5.26. The van der Waals surface area contributed by atoms with Crippen LogP contribution in [-0.4, -0.2) is 29.4 Å². The van der Waals surface area contributed by atoms with E-state index in [1.54, 1.807) is 40.7 Å². The smallest absolute Gasteiger partial charge is 0.431 e. The molecule has 2 rings (SSSR count). The molecule has 174 valence electrons. The van der Waals surface area contributed by atoms with E-state index in [0.29, 0.717) is 17.8 Å². The predicted molar refractivity (Wildman–Crippen MR) is 114 cm³/mol. The number of nitrogens with one attached hydrogen (secondary N) is 1. The first-order valence-corrected chi connectivity index (χ1v) is 10.3. The molecule has 1 aliphatic rings. The summed E-state index contributed by atoms with van der Waals surface area (Å²) in [4.78, 5) is 35.8. The standard InChI is InChI=1S/C22H28N2O8/c1-7-16-20(32-22(26)30-13(4)5)18(15-10-8-9-11-17(15)24(27)28)19(14(6)23-16)31-21(25)29-12(2)3/h8-13,18,23H,7H2,1-6H3. The molecule has 0 radical (unpaired) electrons. The summed E-state index contributed by atoms with van der Waals surface area (Å²) in [7, 11) is 0. The van der Waals surface area contributed by atoms with Gasteiger partial charge in [-0.2, -0.15) is 0 Å². The maximum atomic E-state index is 12.3. The van der Waals surface area contributed by atoms with E-state index in [1.807, 2.05) is 6.92 Å². The number of hydrogen-bond acceptors (Lipinski definition) is 9. The molecule has 1 atom stereocenters. The second-order valence-corrected chi connectivity index (χ2v) is 7.60. The Morgan fingerprint density at radius 3 is 2.06 bits per heavy atom. The molecule has 0 aliphatic carbocycles. The average Bonchev–Trinajstić information content (AvgIpc) is 2.69. The minimum absolute atomic E-state index is 0.0227. The molecule has 0 bridgehead atoms. The third kappa shape index (κ3) is 5.99. The van der Waals surface area contributed by atoms with Crippen LogP contribution in [0.5, 0.6) is 0 Å². The van der Waals surface area contributed by atoms with Crippen LogP contribution in [0, 0.1) is 10.1 Å². The Morgan fingerprint density at radius 2 is 1.56 bits per heavy atom. The minimum Gasteiger partial charge on any atom is -0.431 e. The lowest BCUT2D eigenvalue weighted by molar-refractivity contribution is -0.385. The van der Waals surface area contributed by atoms with Crippen LogP contribution in [0.25, 0.3) is 0 Å². The molecule has 0 fully saturated rings. The number of benzene rings is 1. The largest absolute Gasteiger partial charge is 0.513 e. The van der Waals surface area contributed by atoms with Crippen molar-refractivity contribution in [2.75, 3.05) is 0 Å². The van der Waals surface area contributed by atoms with E-state index in [0.717, 1.165) is 0 Å². The van der Waals surface area contributed by atoms with Gasteiger partial charge < -0.3 is 24.3 Å². The average molecular weight is 448 g/mol. The number of nitrogens with zero attached hydrogens (tertiary/aromatic N) is 1. The second kappa shape index (κ2) is 10.7. The molecule has 0 saturated heterocycles. The van der Waals surface area contributed by atoms with Crippen molar-refractivity contribution in [1.82, 2.24) is 5.32 Å². The van der Waals surface area contributed by atoms with E-state index in [4.69, 9.17) is 18.9 Å². The summed E-state index contributed by atoms with van der Waals surface area (Å²) in [6.45, 7) is 10.1. The molecular formula is C22H28N2O8. The highest BCUT2D eigenvalue weighted by Gasteiger charge is 2.39. The molecule has 10 heteroatoms. The van der Waals surface area contributed by atoms with E-state index in [1.165, 1.54) is 18.2 Å². The number of carbonyl (C=O) groups excluding carboxylic acids is 2. The monoisotopic (exact) mass is 448 g/mol. The number of nitro groups is 1. The molecule has 1 aromatic rings. The fourth-order valence-corrected chi connectivity index (χ4v) is 3.17. The first kappa shape index (κ1) is 24.7. The molecule has 1 N–H and O–H groups in total. The lowest BCUT2D eigenvalue weighted by Crippen LogP contribution is -2.31. The van der Waals surface area contributed by atoms with Crippen molar-refractivity contribution in [3.63, 3.8) is 0 Å². The molecule has 0 aromatic heterocycles. The molecule has 1 unspecified atom stereocenters. The van der Waals surface area contributed by atoms with Crippen LogP contribution in [0.4, 0.5) is 15.3 Å². The topological polar surface area (TPSA) is 126 Å². The van der Waals surface area contributed by atoms with Crippen molar-refractivity contribution in [3.05, 3.63) is 62.9 Å². The number of hydrogen-bond donors (Lipinski definition) is 1. The molecule has 0 saturated carbocycles. The van der Waals surface area contributed by atoms with Gasteiger partial charge >= 0.3 is 12.3 Å². The summed E-state index contributed by atoms with van der Waals surface area (Å²) < 4.78 is 21.2. The quantitative estimate of drug-likeness (QED) is 0.338. The highest BCUT2D eigenvalue weighted by molar-refractivity contribution is 5.66. The van der Waals surface area contributed by atoms with Crippen LogP contribution in [0.1, 0.15) is 59.4 Å². The Balaban J connectivity index is 2.64. The highest BCUT2D eigenvalue weighted by Crippen LogP contribution is 2.43. The molecule has 0 spiro atoms. The van der Waals surface area contributed by atoms with Crippen molar-refractivity contribution < 1.29 is 33.5 Å². The second-order valence-electron chi connectivity index (χ2n) is 7.60. The summed E-state index contributed by atoms with van der Waals surface area (Å²) >= 11 is 0. The molecule has 10 nitrogen and oxygen atoms in total. The number of carbonyl (C=O) groups is 2. The Bertz CT molecular complexity index is 949. The number of dihydropyridines is 1. The fourth-order valence-electron chi connectivity index (χ4n) is 3.17. The first-order valence-electron chi connectivity index (χ1n) is 10.3. The Morgan fingerprint density at radius 1 is 1.03 bits per heavy atom. The maximum absolute atomic E-state index is 12.3. The normalized spacial score (nSPS) is 16.1. The van der Waals surface area contributed by atoms with Gasteiger partial charge in [-0.15, -0.1) is 0 Å². The number of nitro benzene ring substituents is 1. The SMILES string of the molecule is CCC1=C(OC(=O)OC(C)C)C(c2ccccc2[N+](=O)[O-])C(OC(=O)OC(C)C)=C(C)N1. The van der Waals surface area contributed by atoms with Crippen molar-refractivity contribution in [2.45, 2.75) is 66.1 Å². The third-order valence-electron chi connectivity index (χ3n) is 4.38. The van der Waals surface area contributed by atoms with Crippen molar-refractivity contribution in [2.24, 2.45) is 0 Å². The molecule has 0 amide bonds. The number of ether oxygens (including phenoxy) is 4. The van der Waals surface area contributed by atoms with Crippen LogP contribution >= 0.6 is 0 Å². The number of allylic oxidation sites excluding steroid dienone is 2. The summed E-state index contributed by atoms with van der Waals surface area (Å²) in [6.07, 6.45) is -2.44. The summed E-state index contributed by atoms with van der Waals surface area (Å²) in [6, 6.07) is 5.97. The molecule has 1 aliphatic heterocycles. The van der Waals surface area contributed by atoms with E-state index in [2.05, 4.69) is 5.32 Å². The van der Waals surface area contributed by atoms with Crippen LogP contribution < -0.4 is 5.32 Å². The molecule has 32 heavy (non-hydrogen) atoms. The Kier molecular flexibility index (Phi) is 8.22. The Labute approximate surface area is 186 Å². The van der Waals surface area contributed by atoms with E-state index < -0.39 is 35.4 Å². The van der Waals surface area contributed by atoms with Gasteiger partial charge in [-0.05, 0) is 41.0 Å². The summed E-state index contributed by atoms with van der Waals surface area (Å²) in [5, 5.41) is 14.8. The number of para-hydroxylation sites is 1. The van der Waals surface area contributed by atoms with Gasteiger partial charge in [-0.25, -0.2) is 9.59 Å². The van der Waals surface area contributed by atoms with E-state index in [-0.39, 0.29) is 22.8 Å². The highest BCUT2D eigenvalue weighted by atomic mass is 16.7. The molecular weight excluding hydrogens is 420 g/mol. The van der Waals surface area contributed by atoms with Gasteiger partial charge in [-0.1, -0.05) is 25.1 Å². The van der Waals surface area contributed by atoms with Gasteiger partial charge in [0.2, 0.25) is 0 Å². The Hall–Kier alpha value is -3.56. The zero-order chi connectivity index (χ0) is 24.0. The van der Waals surface area contributed by atoms with Gasteiger partial charge in [0.25, 0.3) is 5.69 Å². The van der Waals surface area contributed by atoms with Crippen LogP contribution in [0.15, 0.2) is 47.2 Å². The number of rotatable bonds is 7. The van der Waals surface area contributed by atoms with Crippen LogP contribution in [0.3, 0.4) is 0 Å². The lowest BCUT2D eigenvalue weighted by atomic mass is 9.88. The summed E-state index contributed by atoms with van der Waals surface area (Å²) in [5.41, 5.74) is 0.884. The van der Waals surface area contributed by atoms with Gasteiger partial charge in [0.15, 0.2) is 0 Å². The fraction of sp³-hybridized carbons (Fsp3) is 0.455. The van der Waals surface area contributed by atoms with Gasteiger partial charge in [0, 0.05) is 11.6 Å². The van der Waals surface area contributed by atoms with Crippen molar-refractivity contribution in [3.8, 4) is 0 Å². The van der Waals surface area contributed by atoms with E-state index >= 15 is 0 Å². The zero-order valence-corrected chi connectivity index (χ0v) is 19.0. The zero-order valence-electron chi connectivity index (χ0n) is 19.0. The third-order valence-corrected chi connectivity index (χ3v) is 4.38. The van der Waals surface area contributed by atoms with Crippen molar-refractivity contribution >= 4 is 18.0 Å². The van der Waals surface area contributed by atoms with Gasteiger partial charge in [0.05, 0.1) is 28.5 Å². The lowest BCUT2D eigenvalue weighted by Gasteiger charge is -2.31. The van der Waals surface area contributed by atoms with Crippen LogP contribution in [0.2, 0.25) is 0 Å². The van der Waals surface area contributed by atoms with Crippen LogP contribution in [-0.2, 0) is 18.9 Å². The maximum Gasteiger partial charge on any atom is 0.513 e. The molecule has 1 aromatic carbocycles. The summed E-state index contributed by atoms with van der Waals surface area (Å²) in [5.74, 6) is -0.993. The van der Waals surface area contributed by atoms with Crippen molar-refractivity contribution in [1.29, 1.82) is 0 Å².